The lowest BCUT2D eigenvalue weighted by atomic mass is 10.1. The third-order valence-electron chi connectivity index (χ3n) is 1.80. The average molecular weight is 157 g/mol. The Morgan fingerprint density at radius 2 is 2.25 bits per heavy atom. The van der Waals surface area contributed by atoms with Crippen molar-refractivity contribution in [1.29, 1.82) is 5.26 Å². The first-order chi connectivity index (χ1) is 5.92. The molecule has 1 aromatic carbocycles. The summed E-state index contributed by atoms with van der Waals surface area (Å²) in [7, 11) is 0. The van der Waals surface area contributed by atoms with E-state index in [4.69, 9.17) is 5.26 Å². The largest absolute Gasteiger partial charge is 0.270 e. The Bertz CT molecular complexity index is 362. The molecule has 0 aromatic heterocycles. The van der Waals surface area contributed by atoms with Crippen molar-refractivity contribution < 1.29 is 0 Å². The fraction of sp³-hybridized carbons (Fsp3) is 0.111. The van der Waals surface area contributed by atoms with Crippen molar-refractivity contribution >= 4 is 11.9 Å². The van der Waals surface area contributed by atoms with Crippen LogP contribution in [0.3, 0.4) is 0 Å². The summed E-state index contributed by atoms with van der Waals surface area (Å²) in [4.78, 5) is 5.61. The molecule has 0 unspecified atom stereocenters. The van der Waals surface area contributed by atoms with Gasteiger partial charge in [0.1, 0.15) is 6.67 Å². The minimum Gasteiger partial charge on any atom is -0.270 e. The highest BCUT2D eigenvalue weighted by Crippen LogP contribution is 2.20. The predicted molar refractivity (Wildman–Crippen MR) is 47.0 cm³/mol. The zero-order valence-corrected chi connectivity index (χ0v) is 6.44. The molecule has 1 aliphatic heterocycles. The van der Waals surface area contributed by atoms with E-state index in [0.29, 0.717) is 6.67 Å². The molecular weight excluding hydrogens is 150 g/mol. The van der Waals surface area contributed by atoms with Gasteiger partial charge in [-0.15, -0.1) is 0 Å². The van der Waals surface area contributed by atoms with Gasteiger partial charge in [0.25, 0.3) is 0 Å². The van der Waals surface area contributed by atoms with E-state index in [-0.39, 0.29) is 0 Å². The summed E-state index contributed by atoms with van der Waals surface area (Å²) in [6.07, 6.45) is 3.87. The Labute approximate surface area is 70.6 Å². The second-order valence-corrected chi connectivity index (χ2v) is 2.54. The third kappa shape index (κ3) is 0.940. The average Bonchev–Trinajstić information content (AvgIpc) is 2.17. The predicted octanol–water partition coefficient (Wildman–Crippen LogP) is 1.36. The first kappa shape index (κ1) is 6.86. The lowest BCUT2D eigenvalue weighted by molar-refractivity contribution is 0.973. The quantitative estimate of drug-likeness (QED) is 0.533. The maximum Gasteiger partial charge on any atom is 0.186 e. The van der Waals surface area contributed by atoms with E-state index in [1.165, 1.54) is 0 Å². The van der Waals surface area contributed by atoms with Crippen molar-refractivity contribution in [1.82, 2.24) is 0 Å². The van der Waals surface area contributed by atoms with Crippen LogP contribution in [0.1, 0.15) is 5.56 Å². The first-order valence-corrected chi connectivity index (χ1v) is 3.68. The molecule has 0 atom stereocenters. The Kier molecular flexibility index (Phi) is 1.52. The molecule has 3 nitrogen and oxygen atoms in total. The number of hydrogen-bond acceptors (Lipinski definition) is 3. The van der Waals surface area contributed by atoms with Gasteiger partial charge in [0.2, 0.25) is 0 Å². The van der Waals surface area contributed by atoms with Crippen LogP contribution in [-0.4, -0.2) is 12.9 Å². The Morgan fingerprint density at radius 3 is 3.08 bits per heavy atom. The van der Waals surface area contributed by atoms with E-state index in [1.807, 2.05) is 24.3 Å². The van der Waals surface area contributed by atoms with Crippen LogP contribution in [0.2, 0.25) is 0 Å². The number of para-hydroxylation sites is 1. The van der Waals surface area contributed by atoms with Crippen LogP contribution >= 0.6 is 0 Å². The molecule has 0 amide bonds. The van der Waals surface area contributed by atoms with E-state index in [9.17, 15) is 0 Å². The number of nitrogens with zero attached hydrogens (tertiary/aromatic N) is 3. The first-order valence-electron chi connectivity index (χ1n) is 3.68. The second kappa shape index (κ2) is 2.67. The molecule has 58 valence electrons. The summed E-state index contributed by atoms with van der Waals surface area (Å²) in [5, 5.41) is 8.74. The van der Waals surface area contributed by atoms with Crippen molar-refractivity contribution in [3.63, 3.8) is 0 Å². The summed E-state index contributed by atoms with van der Waals surface area (Å²) in [6, 6.07) is 7.72. The molecule has 3 heteroatoms. The van der Waals surface area contributed by atoms with E-state index in [1.54, 1.807) is 11.1 Å². The topological polar surface area (TPSA) is 39.4 Å². The van der Waals surface area contributed by atoms with Crippen LogP contribution in [0.5, 0.6) is 0 Å². The minimum atomic E-state index is 0.438. The number of nitriles is 1. The standard InChI is InChI=1S/C9H7N3/c10-6-12-7-11-5-8-3-1-2-4-9(8)12/h1-5H,7H2. The number of rotatable bonds is 0. The van der Waals surface area contributed by atoms with E-state index in [2.05, 4.69) is 11.2 Å². The highest BCUT2D eigenvalue weighted by Gasteiger charge is 2.11. The summed E-state index contributed by atoms with van der Waals surface area (Å²) in [5.41, 5.74) is 1.94. The molecule has 0 fully saturated rings. The molecule has 0 saturated carbocycles. The van der Waals surface area contributed by atoms with Gasteiger partial charge in [-0.3, -0.25) is 9.89 Å². The summed E-state index contributed by atoms with van der Waals surface area (Å²) in [6.45, 7) is 0.438. The monoisotopic (exact) mass is 157 g/mol. The summed E-state index contributed by atoms with van der Waals surface area (Å²) >= 11 is 0. The van der Waals surface area contributed by atoms with Gasteiger partial charge in [-0.25, -0.2) is 0 Å². The maximum atomic E-state index is 8.74. The molecule has 0 saturated heterocycles. The smallest absolute Gasteiger partial charge is 0.186 e. The van der Waals surface area contributed by atoms with Crippen molar-refractivity contribution in [2.75, 3.05) is 11.6 Å². The molecule has 0 radical (unpaired) electrons. The van der Waals surface area contributed by atoms with Gasteiger partial charge in [-0.1, -0.05) is 18.2 Å². The number of aliphatic imine (C=N–C) groups is 1. The lowest BCUT2D eigenvalue weighted by Crippen LogP contribution is -2.21. The molecule has 0 bridgehead atoms. The van der Waals surface area contributed by atoms with Gasteiger partial charge in [-0.05, 0) is 6.07 Å². The van der Waals surface area contributed by atoms with Crippen LogP contribution in [0.15, 0.2) is 29.3 Å². The Balaban J connectivity index is 2.54. The van der Waals surface area contributed by atoms with E-state index >= 15 is 0 Å². The highest BCUT2D eigenvalue weighted by molar-refractivity contribution is 5.90. The lowest BCUT2D eigenvalue weighted by Gasteiger charge is -2.18. The second-order valence-electron chi connectivity index (χ2n) is 2.54. The molecule has 0 N–H and O–H groups in total. The van der Waals surface area contributed by atoms with Gasteiger partial charge in [0.05, 0.1) is 5.69 Å². The summed E-state index contributed by atoms with van der Waals surface area (Å²) < 4.78 is 0. The normalized spacial score (nSPS) is 13.8. The van der Waals surface area contributed by atoms with Crippen molar-refractivity contribution in [3.05, 3.63) is 29.8 Å². The molecule has 0 spiro atoms. The van der Waals surface area contributed by atoms with Gasteiger partial charge in [-0.2, -0.15) is 5.26 Å². The highest BCUT2D eigenvalue weighted by atomic mass is 15.2. The molecule has 1 aliphatic rings. The fourth-order valence-corrected chi connectivity index (χ4v) is 1.23. The van der Waals surface area contributed by atoms with Crippen LogP contribution in [0.4, 0.5) is 5.69 Å². The molecule has 12 heavy (non-hydrogen) atoms. The molecule has 2 rings (SSSR count). The van der Waals surface area contributed by atoms with Crippen LogP contribution in [0.25, 0.3) is 0 Å². The molecular formula is C9H7N3. The number of hydrogen-bond donors (Lipinski definition) is 0. The van der Waals surface area contributed by atoms with Gasteiger partial charge in [0, 0.05) is 11.8 Å². The SMILES string of the molecule is N#CN1CN=Cc2ccccc21. The van der Waals surface area contributed by atoms with Crippen molar-refractivity contribution in [3.8, 4) is 6.19 Å². The van der Waals surface area contributed by atoms with E-state index in [0.717, 1.165) is 11.3 Å². The van der Waals surface area contributed by atoms with Gasteiger partial charge < -0.3 is 0 Å². The van der Waals surface area contributed by atoms with Crippen LogP contribution < -0.4 is 4.90 Å². The Morgan fingerprint density at radius 1 is 1.42 bits per heavy atom. The third-order valence-corrected chi connectivity index (χ3v) is 1.80. The van der Waals surface area contributed by atoms with Crippen molar-refractivity contribution in [2.45, 2.75) is 0 Å². The van der Waals surface area contributed by atoms with Gasteiger partial charge in [0.15, 0.2) is 6.19 Å². The Hall–Kier alpha value is -1.82. The van der Waals surface area contributed by atoms with Crippen molar-refractivity contribution in [2.24, 2.45) is 4.99 Å². The molecule has 0 aliphatic carbocycles. The fourth-order valence-electron chi connectivity index (χ4n) is 1.23. The zero-order valence-electron chi connectivity index (χ0n) is 6.44. The zero-order chi connectivity index (χ0) is 8.39. The summed E-state index contributed by atoms with van der Waals surface area (Å²) in [5.74, 6) is 0. The number of fused-ring (bicyclic) bond motifs is 1. The van der Waals surface area contributed by atoms with E-state index < -0.39 is 0 Å². The minimum absolute atomic E-state index is 0.438. The molecule has 1 aromatic rings. The number of anilines is 1. The number of benzene rings is 1. The van der Waals surface area contributed by atoms with Crippen LogP contribution in [-0.2, 0) is 0 Å². The maximum absolute atomic E-state index is 8.74. The molecule has 1 heterocycles. The van der Waals surface area contributed by atoms with Gasteiger partial charge >= 0.3 is 0 Å². The van der Waals surface area contributed by atoms with Crippen LogP contribution in [0, 0.1) is 11.5 Å².